The summed E-state index contributed by atoms with van der Waals surface area (Å²) in [5.41, 5.74) is 4.22. The molecule has 0 aliphatic carbocycles. The second-order valence-electron chi connectivity index (χ2n) is 3.02. The number of hydrogen-bond acceptors (Lipinski definition) is 0. The van der Waals surface area contributed by atoms with Crippen LogP contribution in [0.2, 0.25) is 0 Å². The van der Waals surface area contributed by atoms with Gasteiger partial charge in [0.05, 0.1) is 0 Å². The Morgan fingerprint density at radius 2 is 1.40 bits per heavy atom. The number of aryl methyl sites for hydroxylation is 2. The van der Waals surface area contributed by atoms with E-state index in [9.17, 15) is 0 Å². The molecule has 0 fully saturated rings. The van der Waals surface area contributed by atoms with E-state index < -0.39 is 0 Å². The Bertz CT molecular complexity index is 228. The fourth-order valence-corrected chi connectivity index (χ4v) is 1.25. The molecule has 0 radical (unpaired) electrons. The van der Waals surface area contributed by atoms with E-state index in [1.165, 1.54) is 20.9 Å². The molecule has 1 aromatic rings. The molecule has 10 heavy (non-hydrogen) atoms. The Balaban J connectivity index is 3.31. The van der Waals surface area contributed by atoms with Gasteiger partial charge in [-0.2, -0.15) is 0 Å². The van der Waals surface area contributed by atoms with Crippen molar-refractivity contribution >= 4 is 22.0 Å². The topological polar surface area (TPSA) is 0 Å². The molecule has 0 saturated heterocycles. The summed E-state index contributed by atoms with van der Waals surface area (Å²) in [5.74, 6) is 0. The first-order chi connectivity index (χ1) is 4.61. The zero-order valence-electron chi connectivity index (χ0n) is 7.15. The molecule has 0 nitrogen and oxygen atoms in total. The van der Waals surface area contributed by atoms with E-state index >= 15 is 0 Å². The molecule has 48 valence electrons. The van der Waals surface area contributed by atoms with E-state index in [4.69, 9.17) is 0 Å². The second-order valence-corrected chi connectivity index (χ2v) is 3.02. The summed E-state index contributed by atoms with van der Waals surface area (Å²) in [6.45, 7) is 6.49. The maximum atomic E-state index is 2.22. The van der Waals surface area contributed by atoms with Crippen LogP contribution in [0.5, 0.6) is 0 Å². The molecule has 0 atom stereocenters. The van der Waals surface area contributed by atoms with E-state index in [1.54, 1.807) is 0 Å². The average molecular weight is 126 g/mol. The van der Waals surface area contributed by atoms with Gasteiger partial charge in [0.2, 0.25) is 0 Å². The monoisotopic (exact) mass is 126 g/mol. The van der Waals surface area contributed by atoms with Gasteiger partial charge in [-0.3, -0.25) is 0 Å². The zero-order chi connectivity index (χ0) is 7.72. The molecule has 0 saturated carbocycles. The molecule has 1 heteroatoms. The summed E-state index contributed by atoms with van der Waals surface area (Å²) >= 11 is 2.14. The minimum absolute atomic E-state index is 1.36. The van der Waals surface area contributed by atoms with Gasteiger partial charge in [0.15, 0.2) is 0 Å². The van der Waals surface area contributed by atoms with Gasteiger partial charge in [-0.25, -0.2) is 0 Å². The van der Waals surface area contributed by atoms with Crippen molar-refractivity contribution in [3.63, 3.8) is 0 Å². The number of benzene rings is 1. The third-order valence-electron chi connectivity index (χ3n) is 2.07. The van der Waals surface area contributed by atoms with Gasteiger partial charge in [0, 0.05) is 0 Å². The summed E-state index contributed by atoms with van der Waals surface area (Å²) < 4.78 is 1.36. The molecular weight excluding hydrogens is 115 g/mol. The van der Waals surface area contributed by atoms with Crippen LogP contribution in [0, 0.1) is 20.8 Å². The van der Waals surface area contributed by atoms with Crippen molar-refractivity contribution in [1.29, 1.82) is 0 Å². The van der Waals surface area contributed by atoms with E-state index in [2.05, 4.69) is 50.6 Å². The van der Waals surface area contributed by atoms with Gasteiger partial charge < -0.3 is 0 Å². The van der Waals surface area contributed by atoms with Gasteiger partial charge in [0.1, 0.15) is 0 Å². The van der Waals surface area contributed by atoms with E-state index in [0.29, 0.717) is 0 Å². The molecule has 0 aliphatic heterocycles. The quantitative estimate of drug-likeness (QED) is 0.461. The molecule has 0 spiro atoms. The van der Waals surface area contributed by atoms with Crippen molar-refractivity contribution in [3.8, 4) is 0 Å². The van der Waals surface area contributed by atoms with Crippen LogP contribution in [0.4, 0.5) is 0 Å². The summed E-state index contributed by atoms with van der Waals surface area (Å²) in [6.07, 6.45) is 0. The molecule has 0 bridgehead atoms. The van der Waals surface area contributed by atoms with Crippen LogP contribution in [0.3, 0.4) is 0 Å². The van der Waals surface area contributed by atoms with Crippen LogP contribution in [0.15, 0.2) is 12.1 Å². The second kappa shape index (κ2) is 2.82. The molecule has 1 aromatic carbocycles. The molecule has 0 unspecified atom stereocenters. The number of rotatable bonds is 0. The Kier molecular flexibility index (Phi) is 2.24. The van der Waals surface area contributed by atoms with E-state index in [1.807, 2.05) is 0 Å². The summed E-state index contributed by atoms with van der Waals surface area (Å²) in [5, 5.41) is 0. The predicted octanol–water partition coefficient (Wildman–Crippen LogP) is 1.41. The Hall–Kier alpha value is -0.183. The van der Waals surface area contributed by atoms with Crippen LogP contribution in [-0.4, -0.2) is 17.7 Å². The summed E-state index contributed by atoms with van der Waals surface area (Å²) in [7, 11) is 0. The number of hydrogen-bond donors (Lipinski definition) is 0. The SMILES string of the molecule is [Li][c]1cc(C)c(C)c(C)c1. The predicted molar refractivity (Wildman–Crippen MR) is 46.0 cm³/mol. The summed E-state index contributed by atoms with van der Waals surface area (Å²) in [4.78, 5) is 0. The standard InChI is InChI=1S/C9H11.Li/c1-7-5-4-6-8(2)9(7)3;/h5-6H,1-3H3;. The van der Waals surface area contributed by atoms with Gasteiger partial charge in [0.25, 0.3) is 0 Å². The third-order valence-corrected chi connectivity index (χ3v) is 2.07. The normalized spacial score (nSPS) is 10.1. The Morgan fingerprint density at radius 1 is 1.00 bits per heavy atom. The fraction of sp³-hybridized carbons (Fsp3) is 0.333. The first-order valence-corrected chi connectivity index (χ1v) is 3.65. The Labute approximate surface area is 71.8 Å². The van der Waals surface area contributed by atoms with Crippen molar-refractivity contribution in [2.45, 2.75) is 20.8 Å². The molecule has 0 aromatic heterocycles. The van der Waals surface area contributed by atoms with Gasteiger partial charge in [-0.05, 0) is 0 Å². The van der Waals surface area contributed by atoms with Gasteiger partial charge in [-0.1, -0.05) is 0 Å². The third kappa shape index (κ3) is 1.45. The van der Waals surface area contributed by atoms with Crippen LogP contribution < -0.4 is 4.24 Å². The van der Waals surface area contributed by atoms with Crippen molar-refractivity contribution in [3.05, 3.63) is 28.8 Å². The molecule has 1 rings (SSSR count). The fourth-order valence-electron chi connectivity index (χ4n) is 1.25. The average Bonchev–Trinajstić information content (AvgIpc) is 1.82. The van der Waals surface area contributed by atoms with E-state index in [0.717, 1.165) is 0 Å². The van der Waals surface area contributed by atoms with Gasteiger partial charge >= 0.3 is 71.5 Å². The minimum atomic E-state index is 1.36. The van der Waals surface area contributed by atoms with Crippen LogP contribution in [0.25, 0.3) is 0 Å². The Morgan fingerprint density at radius 3 is 1.80 bits per heavy atom. The first kappa shape index (κ1) is 7.92. The maximum absolute atomic E-state index is 2.22. The molecule has 0 N–H and O–H groups in total. The summed E-state index contributed by atoms with van der Waals surface area (Å²) in [6, 6.07) is 4.45. The molecule has 0 aliphatic rings. The first-order valence-electron chi connectivity index (χ1n) is 3.65. The zero-order valence-corrected chi connectivity index (χ0v) is 7.15. The molecular formula is C9H11Li. The van der Waals surface area contributed by atoms with E-state index in [-0.39, 0.29) is 0 Å². The van der Waals surface area contributed by atoms with Crippen LogP contribution in [0.1, 0.15) is 16.7 Å². The van der Waals surface area contributed by atoms with Crippen LogP contribution >= 0.6 is 0 Å². The van der Waals surface area contributed by atoms with Gasteiger partial charge in [-0.15, -0.1) is 0 Å². The molecule has 0 heterocycles. The van der Waals surface area contributed by atoms with Crippen molar-refractivity contribution in [2.75, 3.05) is 0 Å². The van der Waals surface area contributed by atoms with Crippen molar-refractivity contribution < 1.29 is 0 Å². The van der Waals surface area contributed by atoms with Crippen molar-refractivity contribution in [1.82, 2.24) is 0 Å². The molecule has 0 amide bonds. The van der Waals surface area contributed by atoms with Crippen LogP contribution in [-0.2, 0) is 0 Å². The van der Waals surface area contributed by atoms with Crippen molar-refractivity contribution in [2.24, 2.45) is 0 Å².